The molecule has 0 aliphatic heterocycles. The fraction of sp³-hybridized carbons (Fsp3) is 0.0833. The van der Waals surface area contributed by atoms with Crippen LogP contribution in [0.3, 0.4) is 0 Å². The van der Waals surface area contributed by atoms with Gasteiger partial charge in [-0.3, -0.25) is 4.79 Å². The van der Waals surface area contributed by atoms with Crippen LogP contribution in [-0.4, -0.2) is 5.91 Å². The second-order valence-electron chi connectivity index (χ2n) is 6.60. The standard InChI is InChI=1S/C24H18F3N3O/c25-24(26,27)21-13-7-8-14-22(21)29-23(31)19(15-28)17-30(20-11-5-2-6-12-20)16-18-9-3-1-4-10-18/h1-14,17H,16H2,(H,29,31)/b19-17-. The summed E-state index contributed by atoms with van der Waals surface area (Å²) in [6, 6.07) is 24.9. The van der Waals surface area contributed by atoms with Gasteiger partial charge in [0.25, 0.3) is 5.91 Å². The minimum absolute atomic E-state index is 0.322. The van der Waals surface area contributed by atoms with Gasteiger partial charge >= 0.3 is 6.18 Å². The highest BCUT2D eigenvalue weighted by Crippen LogP contribution is 2.34. The largest absolute Gasteiger partial charge is 0.418 e. The summed E-state index contributed by atoms with van der Waals surface area (Å²) in [6.07, 6.45) is -3.29. The molecule has 7 heteroatoms. The summed E-state index contributed by atoms with van der Waals surface area (Å²) in [6.45, 7) is 0.364. The molecule has 156 valence electrons. The topological polar surface area (TPSA) is 56.1 Å². The Morgan fingerprint density at radius 1 is 0.935 bits per heavy atom. The van der Waals surface area contributed by atoms with Crippen molar-refractivity contribution in [1.82, 2.24) is 0 Å². The van der Waals surface area contributed by atoms with Gasteiger partial charge in [0.15, 0.2) is 0 Å². The van der Waals surface area contributed by atoms with E-state index in [2.05, 4.69) is 5.32 Å². The number of hydrogen-bond acceptors (Lipinski definition) is 3. The van der Waals surface area contributed by atoms with E-state index < -0.39 is 23.3 Å². The normalized spacial score (nSPS) is 11.5. The van der Waals surface area contributed by atoms with E-state index >= 15 is 0 Å². The number of nitrogens with zero attached hydrogens (tertiary/aromatic N) is 2. The van der Waals surface area contributed by atoms with Crippen molar-refractivity contribution in [2.75, 3.05) is 10.2 Å². The highest BCUT2D eigenvalue weighted by atomic mass is 19.4. The van der Waals surface area contributed by atoms with Crippen molar-refractivity contribution in [3.05, 3.63) is 108 Å². The van der Waals surface area contributed by atoms with E-state index in [-0.39, 0.29) is 5.57 Å². The summed E-state index contributed by atoms with van der Waals surface area (Å²) in [5, 5.41) is 11.7. The monoisotopic (exact) mass is 421 g/mol. The first-order valence-electron chi connectivity index (χ1n) is 9.33. The summed E-state index contributed by atoms with van der Waals surface area (Å²) in [4.78, 5) is 14.3. The van der Waals surface area contributed by atoms with Crippen molar-refractivity contribution >= 4 is 17.3 Å². The Hall–Kier alpha value is -4.05. The summed E-state index contributed by atoms with van der Waals surface area (Å²) < 4.78 is 39.6. The molecule has 1 amide bonds. The molecule has 0 saturated heterocycles. The number of halogens is 3. The van der Waals surface area contributed by atoms with E-state index in [0.717, 1.165) is 23.4 Å². The van der Waals surface area contributed by atoms with Crippen molar-refractivity contribution in [3.63, 3.8) is 0 Å². The maximum Gasteiger partial charge on any atom is 0.418 e. The molecule has 31 heavy (non-hydrogen) atoms. The van der Waals surface area contributed by atoms with E-state index in [1.807, 2.05) is 60.7 Å². The minimum Gasteiger partial charge on any atom is -0.342 e. The second kappa shape index (κ2) is 9.63. The van der Waals surface area contributed by atoms with E-state index in [0.29, 0.717) is 6.54 Å². The van der Waals surface area contributed by atoms with Gasteiger partial charge in [0.05, 0.1) is 11.3 Å². The number of carbonyl (C=O) groups excluding carboxylic acids is 1. The molecule has 3 rings (SSSR count). The number of benzene rings is 3. The van der Waals surface area contributed by atoms with Crippen molar-refractivity contribution in [3.8, 4) is 6.07 Å². The number of carbonyl (C=O) groups is 1. The lowest BCUT2D eigenvalue weighted by atomic mass is 10.1. The van der Waals surface area contributed by atoms with Crippen LogP contribution in [0.5, 0.6) is 0 Å². The average molecular weight is 421 g/mol. The Morgan fingerprint density at radius 2 is 1.52 bits per heavy atom. The van der Waals surface area contributed by atoms with Crippen LogP contribution in [0, 0.1) is 11.3 Å². The van der Waals surface area contributed by atoms with E-state index in [1.165, 1.54) is 18.3 Å². The Kier molecular flexibility index (Phi) is 6.73. The highest BCUT2D eigenvalue weighted by Gasteiger charge is 2.33. The van der Waals surface area contributed by atoms with Crippen molar-refractivity contribution < 1.29 is 18.0 Å². The van der Waals surface area contributed by atoms with Gasteiger partial charge in [-0.1, -0.05) is 60.7 Å². The van der Waals surface area contributed by atoms with Crippen LogP contribution < -0.4 is 10.2 Å². The molecule has 0 unspecified atom stereocenters. The average Bonchev–Trinajstić information content (AvgIpc) is 2.77. The molecule has 0 radical (unpaired) electrons. The molecule has 3 aromatic rings. The number of para-hydroxylation sites is 2. The number of amides is 1. The number of anilines is 2. The molecule has 0 spiro atoms. The molecule has 0 aliphatic rings. The van der Waals surface area contributed by atoms with Gasteiger partial charge in [0, 0.05) is 18.4 Å². The van der Waals surface area contributed by atoms with Gasteiger partial charge in [-0.15, -0.1) is 0 Å². The van der Waals surface area contributed by atoms with Gasteiger partial charge in [-0.05, 0) is 29.8 Å². The molecular formula is C24H18F3N3O. The Labute approximate surface area is 177 Å². The van der Waals surface area contributed by atoms with Crippen molar-refractivity contribution in [2.24, 2.45) is 0 Å². The van der Waals surface area contributed by atoms with Crippen molar-refractivity contribution in [1.29, 1.82) is 5.26 Å². The molecule has 0 heterocycles. The van der Waals surface area contributed by atoms with Gasteiger partial charge in [-0.25, -0.2) is 0 Å². The number of rotatable bonds is 6. The molecule has 0 atom stereocenters. The van der Waals surface area contributed by atoms with E-state index in [9.17, 15) is 23.2 Å². The maximum absolute atomic E-state index is 13.2. The smallest absolute Gasteiger partial charge is 0.342 e. The summed E-state index contributed by atoms with van der Waals surface area (Å²) >= 11 is 0. The lowest BCUT2D eigenvalue weighted by Crippen LogP contribution is -2.22. The van der Waals surface area contributed by atoms with Crippen LogP contribution in [-0.2, 0) is 17.5 Å². The third-order valence-electron chi connectivity index (χ3n) is 4.41. The lowest BCUT2D eigenvalue weighted by Gasteiger charge is -2.21. The second-order valence-corrected chi connectivity index (χ2v) is 6.60. The van der Waals surface area contributed by atoms with Crippen LogP contribution >= 0.6 is 0 Å². The SMILES string of the molecule is N#C/C(=C/N(Cc1ccccc1)c1ccccc1)C(=O)Nc1ccccc1C(F)(F)F. The van der Waals surface area contributed by atoms with Crippen LogP contribution in [0.4, 0.5) is 24.5 Å². The summed E-state index contributed by atoms with van der Waals surface area (Å²) in [5.74, 6) is -0.923. The predicted molar refractivity (Wildman–Crippen MR) is 113 cm³/mol. The molecule has 0 aliphatic carbocycles. The number of nitriles is 1. The first-order chi connectivity index (χ1) is 14.9. The van der Waals surface area contributed by atoms with Crippen LogP contribution in [0.25, 0.3) is 0 Å². The van der Waals surface area contributed by atoms with Gasteiger partial charge in [0.2, 0.25) is 0 Å². The summed E-state index contributed by atoms with van der Waals surface area (Å²) in [7, 11) is 0. The molecule has 0 bridgehead atoms. The number of nitrogens with one attached hydrogen (secondary N) is 1. The molecule has 0 aromatic heterocycles. The fourth-order valence-corrected chi connectivity index (χ4v) is 2.93. The van der Waals surface area contributed by atoms with Gasteiger partial charge < -0.3 is 10.2 Å². The molecule has 4 nitrogen and oxygen atoms in total. The third kappa shape index (κ3) is 5.73. The van der Waals surface area contributed by atoms with Crippen LogP contribution in [0.15, 0.2) is 96.7 Å². The maximum atomic E-state index is 13.2. The molecular weight excluding hydrogens is 403 g/mol. The zero-order chi connectivity index (χ0) is 22.3. The Bertz CT molecular complexity index is 1100. The van der Waals surface area contributed by atoms with Gasteiger partial charge in [-0.2, -0.15) is 18.4 Å². The first-order valence-corrected chi connectivity index (χ1v) is 9.33. The molecule has 0 saturated carbocycles. The lowest BCUT2D eigenvalue weighted by molar-refractivity contribution is -0.137. The molecule has 0 fully saturated rings. The first kappa shape index (κ1) is 21.7. The minimum atomic E-state index is -4.64. The van der Waals surface area contributed by atoms with E-state index in [4.69, 9.17) is 0 Å². The van der Waals surface area contributed by atoms with Crippen molar-refractivity contribution in [2.45, 2.75) is 12.7 Å². The van der Waals surface area contributed by atoms with Crippen LogP contribution in [0.1, 0.15) is 11.1 Å². The summed E-state index contributed by atoms with van der Waals surface area (Å²) in [5.41, 5.74) is -0.0533. The third-order valence-corrected chi connectivity index (χ3v) is 4.41. The zero-order valence-corrected chi connectivity index (χ0v) is 16.3. The Morgan fingerprint density at radius 3 is 2.13 bits per heavy atom. The molecule has 3 aromatic carbocycles. The Balaban J connectivity index is 1.92. The van der Waals surface area contributed by atoms with Crippen LogP contribution in [0.2, 0.25) is 0 Å². The predicted octanol–water partition coefficient (Wildman–Crippen LogP) is 5.76. The number of hydrogen-bond donors (Lipinski definition) is 1. The fourth-order valence-electron chi connectivity index (χ4n) is 2.93. The highest BCUT2D eigenvalue weighted by molar-refractivity contribution is 6.07. The number of alkyl halides is 3. The quantitative estimate of drug-likeness (QED) is 0.407. The molecule has 1 N–H and O–H groups in total. The van der Waals surface area contributed by atoms with Gasteiger partial charge in [0.1, 0.15) is 11.6 Å². The zero-order valence-electron chi connectivity index (χ0n) is 16.3. The van der Waals surface area contributed by atoms with E-state index in [1.54, 1.807) is 11.0 Å².